The molecule has 2 aromatic rings. The van der Waals surface area contributed by atoms with E-state index in [2.05, 4.69) is 0 Å². The number of sulfonamides is 1. The number of primary sulfonamides is 1. The highest BCUT2D eigenvalue weighted by molar-refractivity contribution is 7.89. The van der Waals surface area contributed by atoms with E-state index in [4.69, 9.17) is 5.14 Å². The lowest BCUT2D eigenvalue weighted by atomic mass is 10.0. The first-order valence-electron chi connectivity index (χ1n) is 5.72. The molecule has 0 radical (unpaired) electrons. The normalized spacial score (nSPS) is 11.2. The fourth-order valence-electron chi connectivity index (χ4n) is 1.93. The molecule has 0 aliphatic heterocycles. The molecule has 20 heavy (non-hydrogen) atoms. The maximum Gasteiger partial charge on any atom is 0.269 e. The molecule has 0 saturated heterocycles. The zero-order valence-electron chi connectivity index (χ0n) is 10.4. The van der Waals surface area contributed by atoms with E-state index in [-0.39, 0.29) is 17.0 Å². The van der Waals surface area contributed by atoms with Crippen molar-refractivity contribution in [2.45, 2.75) is 11.3 Å². The largest absolute Gasteiger partial charge is 0.269 e. The van der Waals surface area contributed by atoms with E-state index in [1.54, 1.807) is 30.3 Å². The van der Waals surface area contributed by atoms with Crippen molar-refractivity contribution in [2.75, 3.05) is 0 Å². The van der Waals surface area contributed by atoms with Crippen LogP contribution in [0.2, 0.25) is 0 Å². The molecule has 0 spiro atoms. The molecule has 0 saturated carbocycles. The highest BCUT2D eigenvalue weighted by atomic mass is 32.2. The lowest BCUT2D eigenvalue weighted by Gasteiger charge is -2.07. The summed E-state index contributed by atoms with van der Waals surface area (Å²) < 4.78 is 23.0. The van der Waals surface area contributed by atoms with E-state index in [9.17, 15) is 18.5 Å². The fourth-order valence-corrected chi connectivity index (χ4v) is 2.70. The van der Waals surface area contributed by atoms with Crippen LogP contribution in [0.3, 0.4) is 0 Å². The predicted octanol–water partition coefficient (Wildman–Crippen LogP) is 1.83. The lowest BCUT2D eigenvalue weighted by molar-refractivity contribution is -0.384. The van der Waals surface area contributed by atoms with Gasteiger partial charge in [0.25, 0.3) is 5.69 Å². The van der Waals surface area contributed by atoms with Crippen LogP contribution in [0.5, 0.6) is 0 Å². The van der Waals surface area contributed by atoms with Gasteiger partial charge >= 0.3 is 0 Å². The molecule has 0 aliphatic rings. The second kappa shape index (κ2) is 5.40. The summed E-state index contributed by atoms with van der Waals surface area (Å²) in [5.41, 5.74) is 1.13. The van der Waals surface area contributed by atoms with Crippen LogP contribution >= 0.6 is 0 Å². The summed E-state index contributed by atoms with van der Waals surface area (Å²) in [7, 11) is -3.81. The van der Waals surface area contributed by atoms with Crippen molar-refractivity contribution in [2.24, 2.45) is 5.14 Å². The summed E-state index contributed by atoms with van der Waals surface area (Å²) in [6.07, 6.45) is 0.258. The number of hydrogen-bond donors (Lipinski definition) is 1. The zero-order chi connectivity index (χ0) is 14.8. The van der Waals surface area contributed by atoms with Gasteiger partial charge in [-0.15, -0.1) is 0 Å². The third-order valence-corrected chi connectivity index (χ3v) is 3.81. The second-order valence-electron chi connectivity index (χ2n) is 4.26. The Morgan fingerprint density at radius 3 is 2.45 bits per heavy atom. The molecule has 7 heteroatoms. The van der Waals surface area contributed by atoms with E-state index in [0.717, 1.165) is 0 Å². The molecule has 2 rings (SSSR count). The molecule has 2 N–H and O–H groups in total. The van der Waals surface area contributed by atoms with Gasteiger partial charge in [0, 0.05) is 12.1 Å². The number of nitrogens with zero attached hydrogens (tertiary/aromatic N) is 1. The Kier molecular flexibility index (Phi) is 3.82. The number of non-ortho nitro benzene ring substituents is 1. The monoisotopic (exact) mass is 292 g/mol. The molecule has 0 fully saturated rings. The Morgan fingerprint density at radius 2 is 1.80 bits per heavy atom. The number of hydrogen-bond acceptors (Lipinski definition) is 4. The topological polar surface area (TPSA) is 103 Å². The molecule has 0 bridgehead atoms. The predicted molar refractivity (Wildman–Crippen MR) is 73.7 cm³/mol. The van der Waals surface area contributed by atoms with Crippen LogP contribution in [0.25, 0.3) is 0 Å². The minimum atomic E-state index is -3.81. The van der Waals surface area contributed by atoms with Gasteiger partial charge in [0.1, 0.15) is 0 Å². The van der Waals surface area contributed by atoms with Crippen molar-refractivity contribution < 1.29 is 13.3 Å². The van der Waals surface area contributed by atoms with Crippen LogP contribution < -0.4 is 5.14 Å². The lowest BCUT2D eigenvalue weighted by Crippen LogP contribution is -2.14. The van der Waals surface area contributed by atoms with Crippen LogP contribution in [-0.2, 0) is 16.4 Å². The molecule has 0 heterocycles. The van der Waals surface area contributed by atoms with Crippen molar-refractivity contribution in [3.63, 3.8) is 0 Å². The van der Waals surface area contributed by atoms with Gasteiger partial charge in [-0.05, 0) is 23.6 Å². The first-order chi connectivity index (χ1) is 9.38. The standard InChI is InChI=1S/C13H12N2O4S/c14-20(18,19)13-7-2-1-5-11(13)8-10-4-3-6-12(9-10)15(16)17/h1-7,9H,8H2,(H2,14,18,19). The highest BCUT2D eigenvalue weighted by Gasteiger charge is 2.14. The van der Waals surface area contributed by atoms with Crippen molar-refractivity contribution in [3.05, 3.63) is 69.8 Å². The summed E-state index contributed by atoms with van der Waals surface area (Å²) in [4.78, 5) is 10.3. The molecule has 0 atom stereocenters. The van der Waals surface area contributed by atoms with Crippen LogP contribution in [0, 0.1) is 10.1 Å². The van der Waals surface area contributed by atoms with Gasteiger partial charge in [-0.3, -0.25) is 10.1 Å². The van der Waals surface area contributed by atoms with Gasteiger partial charge in [-0.25, -0.2) is 13.6 Å². The Labute approximate surface area is 116 Å². The fraction of sp³-hybridized carbons (Fsp3) is 0.0769. The van der Waals surface area contributed by atoms with E-state index in [0.29, 0.717) is 11.1 Å². The molecule has 0 aliphatic carbocycles. The highest BCUT2D eigenvalue weighted by Crippen LogP contribution is 2.20. The maximum absolute atomic E-state index is 11.5. The molecule has 0 unspecified atom stereocenters. The van der Waals surface area contributed by atoms with Crippen molar-refractivity contribution in [1.29, 1.82) is 0 Å². The van der Waals surface area contributed by atoms with Gasteiger partial charge < -0.3 is 0 Å². The Balaban J connectivity index is 2.41. The van der Waals surface area contributed by atoms with Crippen LogP contribution in [-0.4, -0.2) is 13.3 Å². The summed E-state index contributed by atoms with van der Waals surface area (Å²) in [6.45, 7) is 0. The third kappa shape index (κ3) is 3.19. The Hall–Kier alpha value is -2.25. The van der Waals surface area contributed by atoms with Gasteiger partial charge in [0.05, 0.1) is 9.82 Å². The Morgan fingerprint density at radius 1 is 1.10 bits per heavy atom. The summed E-state index contributed by atoms with van der Waals surface area (Å²) in [6, 6.07) is 12.4. The smallest absolute Gasteiger partial charge is 0.258 e. The summed E-state index contributed by atoms with van der Waals surface area (Å²) >= 11 is 0. The molecule has 104 valence electrons. The number of benzene rings is 2. The third-order valence-electron chi connectivity index (χ3n) is 2.80. The molecule has 0 aromatic heterocycles. The summed E-state index contributed by atoms with van der Waals surface area (Å²) in [5.74, 6) is 0. The molecule has 2 aromatic carbocycles. The van der Waals surface area contributed by atoms with E-state index >= 15 is 0 Å². The van der Waals surface area contributed by atoms with Crippen LogP contribution in [0.1, 0.15) is 11.1 Å². The Bertz CT molecular complexity index is 756. The van der Waals surface area contributed by atoms with Gasteiger partial charge in [-0.1, -0.05) is 30.3 Å². The van der Waals surface area contributed by atoms with E-state index in [1.807, 2.05) is 0 Å². The van der Waals surface area contributed by atoms with E-state index in [1.165, 1.54) is 18.2 Å². The van der Waals surface area contributed by atoms with Crippen molar-refractivity contribution in [3.8, 4) is 0 Å². The maximum atomic E-state index is 11.5. The van der Waals surface area contributed by atoms with Crippen molar-refractivity contribution >= 4 is 15.7 Å². The minimum absolute atomic E-state index is 0.0319. The molecular weight excluding hydrogens is 280 g/mol. The first-order valence-corrected chi connectivity index (χ1v) is 7.26. The SMILES string of the molecule is NS(=O)(=O)c1ccccc1Cc1cccc([N+](=O)[O-])c1. The van der Waals surface area contributed by atoms with E-state index < -0.39 is 14.9 Å². The number of nitro benzene ring substituents is 1. The minimum Gasteiger partial charge on any atom is -0.258 e. The number of rotatable bonds is 4. The van der Waals surface area contributed by atoms with Gasteiger partial charge in [0.2, 0.25) is 10.0 Å². The second-order valence-corrected chi connectivity index (χ2v) is 5.79. The first kappa shape index (κ1) is 14.2. The number of nitro groups is 1. The number of nitrogens with two attached hydrogens (primary N) is 1. The molecular formula is C13H12N2O4S. The van der Waals surface area contributed by atoms with Gasteiger partial charge in [0.15, 0.2) is 0 Å². The molecule has 0 amide bonds. The molecule has 6 nitrogen and oxygen atoms in total. The van der Waals surface area contributed by atoms with Crippen molar-refractivity contribution in [1.82, 2.24) is 0 Å². The summed E-state index contributed by atoms with van der Waals surface area (Å²) in [5, 5.41) is 15.9. The average molecular weight is 292 g/mol. The van der Waals surface area contributed by atoms with Crippen LogP contribution in [0.4, 0.5) is 5.69 Å². The average Bonchev–Trinajstić information content (AvgIpc) is 2.38. The zero-order valence-corrected chi connectivity index (χ0v) is 11.2. The quantitative estimate of drug-likeness (QED) is 0.685. The van der Waals surface area contributed by atoms with Crippen LogP contribution in [0.15, 0.2) is 53.4 Å². The van der Waals surface area contributed by atoms with Gasteiger partial charge in [-0.2, -0.15) is 0 Å².